The van der Waals surface area contributed by atoms with Crippen LogP contribution in [-0.4, -0.2) is 22.1 Å². The number of rotatable bonds is 3. The van der Waals surface area contributed by atoms with Crippen molar-refractivity contribution in [1.29, 1.82) is 0 Å². The van der Waals surface area contributed by atoms with Crippen LogP contribution in [0.2, 0.25) is 0 Å². The van der Waals surface area contributed by atoms with Crippen molar-refractivity contribution in [3.63, 3.8) is 0 Å². The van der Waals surface area contributed by atoms with Crippen molar-refractivity contribution in [2.24, 2.45) is 11.8 Å². The normalized spacial score (nSPS) is 29.7. The minimum Gasteiger partial charge on any atom is -0.478 e. The molecule has 0 amide bonds. The molecule has 1 aromatic rings. The third kappa shape index (κ3) is 1.74. The van der Waals surface area contributed by atoms with E-state index in [9.17, 15) is 9.90 Å². The third-order valence-corrected chi connectivity index (χ3v) is 5.09. The van der Waals surface area contributed by atoms with Gasteiger partial charge < -0.3 is 10.4 Å². The molecule has 20 heavy (non-hydrogen) atoms. The number of carboxylic acids is 1. The third-order valence-electron chi connectivity index (χ3n) is 5.09. The first-order chi connectivity index (χ1) is 9.72. The van der Waals surface area contributed by atoms with Crippen molar-refractivity contribution in [2.45, 2.75) is 38.1 Å². The van der Waals surface area contributed by atoms with Crippen LogP contribution in [0.5, 0.6) is 0 Å². The van der Waals surface area contributed by atoms with Gasteiger partial charge in [-0.3, -0.25) is 4.98 Å². The highest BCUT2D eigenvalue weighted by molar-refractivity contribution is 5.97. The number of hydrogen-bond acceptors (Lipinski definition) is 3. The van der Waals surface area contributed by atoms with Gasteiger partial charge in [-0.2, -0.15) is 0 Å². The second-order valence-corrected chi connectivity index (χ2v) is 6.24. The molecule has 4 rings (SSSR count). The maximum atomic E-state index is 11.5. The summed E-state index contributed by atoms with van der Waals surface area (Å²) in [5.74, 6) is 0.665. The fourth-order valence-electron chi connectivity index (χ4n) is 4.12. The molecular weight excluding hydrogens is 252 g/mol. The van der Waals surface area contributed by atoms with E-state index in [2.05, 4.69) is 16.4 Å². The Balaban J connectivity index is 1.71. The molecule has 0 aromatic carbocycles. The second-order valence-electron chi connectivity index (χ2n) is 6.24. The van der Waals surface area contributed by atoms with Crippen molar-refractivity contribution in [1.82, 2.24) is 4.98 Å². The highest BCUT2D eigenvalue weighted by Gasteiger charge is 2.40. The van der Waals surface area contributed by atoms with Gasteiger partial charge in [0.1, 0.15) is 5.56 Å². The molecule has 1 aromatic heterocycles. The van der Waals surface area contributed by atoms with Crippen LogP contribution in [0.25, 0.3) is 6.08 Å². The summed E-state index contributed by atoms with van der Waals surface area (Å²) < 4.78 is 0. The number of pyridine rings is 1. The predicted octanol–water partition coefficient (Wildman–Crippen LogP) is 2.95. The smallest absolute Gasteiger partial charge is 0.339 e. The molecule has 2 bridgehead atoms. The van der Waals surface area contributed by atoms with Gasteiger partial charge in [0, 0.05) is 24.2 Å². The summed E-state index contributed by atoms with van der Waals surface area (Å²) in [5, 5.41) is 12.9. The minimum absolute atomic E-state index is 0.304. The molecule has 1 heterocycles. The predicted molar refractivity (Wildman–Crippen MR) is 76.8 cm³/mol. The fraction of sp³-hybridized carbons (Fsp3) is 0.500. The molecule has 3 atom stereocenters. The summed E-state index contributed by atoms with van der Waals surface area (Å²) in [6.07, 6.45) is 11.5. The number of nitrogens with one attached hydrogen (secondary N) is 1. The summed E-state index contributed by atoms with van der Waals surface area (Å²) in [7, 11) is 0. The van der Waals surface area contributed by atoms with Gasteiger partial charge >= 0.3 is 5.97 Å². The Labute approximate surface area is 117 Å². The lowest BCUT2D eigenvalue weighted by molar-refractivity contribution is 0.0697. The van der Waals surface area contributed by atoms with Gasteiger partial charge in [0.15, 0.2) is 0 Å². The first kappa shape index (κ1) is 11.9. The van der Waals surface area contributed by atoms with Crippen molar-refractivity contribution in [2.75, 3.05) is 5.32 Å². The Morgan fingerprint density at radius 1 is 1.35 bits per heavy atom. The van der Waals surface area contributed by atoms with E-state index < -0.39 is 5.97 Å². The van der Waals surface area contributed by atoms with Gasteiger partial charge in [0.25, 0.3) is 0 Å². The van der Waals surface area contributed by atoms with Crippen LogP contribution in [0.4, 0.5) is 5.69 Å². The first-order valence-corrected chi connectivity index (χ1v) is 7.40. The molecule has 3 aliphatic carbocycles. The number of allylic oxidation sites excluding steroid dienone is 1. The molecule has 4 nitrogen and oxygen atoms in total. The number of fused-ring (bicyclic) bond motifs is 3. The van der Waals surface area contributed by atoms with Crippen LogP contribution in [0, 0.1) is 11.8 Å². The molecule has 2 fully saturated rings. The molecule has 0 spiro atoms. The number of anilines is 1. The number of nitrogens with zero attached hydrogens (tertiary/aromatic N) is 1. The lowest BCUT2D eigenvalue weighted by atomic mass is 9.94. The molecule has 4 heteroatoms. The topological polar surface area (TPSA) is 62.2 Å². The van der Waals surface area contributed by atoms with Gasteiger partial charge in [-0.15, -0.1) is 0 Å². The van der Waals surface area contributed by atoms with E-state index in [1.54, 1.807) is 0 Å². The van der Waals surface area contributed by atoms with Crippen LogP contribution < -0.4 is 5.32 Å². The molecule has 3 aliphatic rings. The van der Waals surface area contributed by atoms with Crippen molar-refractivity contribution in [3.05, 3.63) is 29.1 Å². The minimum atomic E-state index is -0.897. The molecule has 0 aliphatic heterocycles. The van der Waals surface area contributed by atoms with Gasteiger partial charge in [-0.1, -0.05) is 18.6 Å². The Morgan fingerprint density at radius 3 is 2.95 bits per heavy atom. The van der Waals surface area contributed by atoms with Crippen molar-refractivity contribution >= 4 is 17.7 Å². The Bertz CT molecular complexity index is 609. The molecule has 2 N–H and O–H groups in total. The Morgan fingerprint density at radius 2 is 2.25 bits per heavy atom. The van der Waals surface area contributed by atoms with Gasteiger partial charge in [-0.05, 0) is 31.1 Å². The average molecular weight is 270 g/mol. The van der Waals surface area contributed by atoms with Gasteiger partial charge in [0.05, 0.1) is 11.4 Å². The maximum Gasteiger partial charge on any atom is 0.339 e. The summed E-state index contributed by atoms with van der Waals surface area (Å²) in [6, 6.07) is 0.437. The average Bonchev–Trinajstić information content (AvgIpc) is 3.14. The summed E-state index contributed by atoms with van der Waals surface area (Å²) in [5.41, 5.74) is 3.06. The quantitative estimate of drug-likeness (QED) is 0.886. The van der Waals surface area contributed by atoms with Gasteiger partial charge in [0.2, 0.25) is 0 Å². The number of carbonyl (C=O) groups is 1. The highest BCUT2D eigenvalue weighted by atomic mass is 16.4. The monoisotopic (exact) mass is 270 g/mol. The van der Waals surface area contributed by atoms with E-state index in [1.165, 1.54) is 31.9 Å². The van der Waals surface area contributed by atoms with Crippen LogP contribution in [0.15, 0.2) is 12.3 Å². The van der Waals surface area contributed by atoms with E-state index in [4.69, 9.17) is 0 Å². The zero-order chi connectivity index (χ0) is 13.7. The Hall–Kier alpha value is -1.84. The summed E-state index contributed by atoms with van der Waals surface area (Å²) in [6.45, 7) is 0. The lowest BCUT2D eigenvalue weighted by Crippen LogP contribution is -2.27. The number of aromatic nitrogens is 1. The van der Waals surface area contributed by atoms with Crippen LogP contribution in [0.1, 0.15) is 47.3 Å². The second kappa shape index (κ2) is 4.33. The van der Waals surface area contributed by atoms with E-state index >= 15 is 0 Å². The zero-order valence-corrected chi connectivity index (χ0v) is 11.3. The molecule has 0 saturated heterocycles. The molecule has 0 radical (unpaired) electrons. The summed E-state index contributed by atoms with van der Waals surface area (Å²) in [4.78, 5) is 15.7. The lowest BCUT2D eigenvalue weighted by Gasteiger charge is -2.26. The molecule has 0 unspecified atom stereocenters. The van der Waals surface area contributed by atoms with Crippen LogP contribution >= 0.6 is 0 Å². The van der Waals surface area contributed by atoms with E-state index in [0.717, 1.165) is 35.2 Å². The van der Waals surface area contributed by atoms with E-state index in [-0.39, 0.29) is 0 Å². The fourth-order valence-corrected chi connectivity index (χ4v) is 4.12. The Kier molecular flexibility index (Phi) is 2.59. The number of carboxylic acid groups (broad SMARTS) is 1. The molecular formula is C16H18N2O2. The maximum absolute atomic E-state index is 11.5. The number of hydrogen-bond donors (Lipinski definition) is 2. The van der Waals surface area contributed by atoms with E-state index in [1.807, 2.05) is 6.08 Å². The SMILES string of the molecule is O=C(O)c1cnc2c(c1N[C@H]1C[C@@H]3CC[C@H]1C3)C=CC2. The summed E-state index contributed by atoms with van der Waals surface area (Å²) >= 11 is 0. The number of aromatic carboxylic acids is 1. The van der Waals surface area contributed by atoms with Crippen LogP contribution in [-0.2, 0) is 6.42 Å². The largest absolute Gasteiger partial charge is 0.478 e. The first-order valence-electron chi connectivity index (χ1n) is 7.40. The standard InChI is InChI=1S/C16H18N2O2/c19-16(20)12-8-17-13-3-1-2-11(13)15(12)18-14-7-9-4-5-10(14)6-9/h1-2,8-10,14H,3-7H2,(H,17,18)(H,19,20)/t9-,10+,14+/m1/s1. The zero-order valence-electron chi connectivity index (χ0n) is 11.3. The van der Waals surface area contributed by atoms with Crippen LogP contribution in [0.3, 0.4) is 0 Å². The molecule has 2 saturated carbocycles. The molecule has 104 valence electrons. The van der Waals surface area contributed by atoms with E-state index in [0.29, 0.717) is 11.6 Å². The highest BCUT2D eigenvalue weighted by Crippen LogP contribution is 2.46. The van der Waals surface area contributed by atoms with Crippen molar-refractivity contribution in [3.8, 4) is 0 Å². The van der Waals surface area contributed by atoms with Gasteiger partial charge in [-0.25, -0.2) is 4.79 Å². The van der Waals surface area contributed by atoms with Crippen molar-refractivity contribution < 1.29 is 9.90 Å².